The van der Waals surface area contributed by atoms with Crippen LogP contribution >= 0.6 is 0 Å². The average molecular weight is 375 g/mol. The normalized spacial score (nSPS) is 14.5. The van der Waals surface area contributed by atoms with Crippen LogP contribution in [0.5, 0.6) is 0 Å². The second kappa shape index (κ2) is 6.86. The molecule has 1 aliphatic rings. The summed E-state index contributed by atoms with van der Waals surface area (Å²) >= 11 is 0. The van der Waals surface area contributed by atoms with E-state index in [-0.39, 0.29) is 0 Å². The molecule has 0 unspecified atom stereocenters. The third-order valence-electron chi connectivity index (χ3n) is 4.94. The highest BCUT2D eigenvalue weighted by molar-refractivity contribution is 5.74. The quantitative estimate of drug-likeness (QED) is 0.464. The Kier molecular flexibility index (Phi) is 4.06. The fraction of sp³-hybridized carbons (Fsp3) is 0.211. The van der Waals surface area contributed by atoms with Crippen LogP contribution in [0.1, 0.15) is 0 Å². The summed E-state index contributed by atoms with van der Waals surface area (Å²) in [7, 11) is 0. The minimum absolute atomic E-state index is 0.698. The maximum atomic E-state index is 5.67. The average Bonchev–Trinajstić information content (AvgIpc) is 3.36. The largest absolute Gasteiger partial charge is 0.369 e. The first-order chi connectivity index (χ1) is 13.8. The van der Waals surface area contributed by atoms with E-state index in [0.29, 0.717) is 5.82 Å². The summed E-state index contributed by atoms with van der Waals surface area (Å²) in [6.45, 7) is 4.11. The summed E-state index contributed by atoms with van der Waals surface area (Å²) in [6.07, 6.45) is 8.90. The molecule has 1 fully saturated rings. The number of fused-ring (bicyclic) bond motifs is 1. The van der Waals surface area contributed by atoms with Gasteiger partial charge in [-0.3, -0.25) is 4.40 Å². The molecule has 1 aromatic carbocycles. The number of aromatic nitrogens is 5. The van der Waals surface area contributed by atoms with Crippen LogP contribution in [-0.4, -0.2) is 50.4 Å². The molecule has 0 radical (unpaired) electrons. The topological polar surface area (TPSA) is 101 Å². The first kappa shape index (κ1) is 16.6. The van der Waals surface area contributed by atoms with Crippen molar-refractivity contribution in [2.24, 2.45) is 0 Å². The van der Waals surface area contributed by atoms with Crippen molar-refractivity contribution in [2.75, 3.05) is 42.2 Å². The van der Waals surface area contributed by atoms with Crippen molar-refractivity contribution in [2.45, 2.75) is 0 Å². The summed E-state index contributed by atoms with van der Waals surface area (Å²) < 4.78 is 1.97. The lowest BCUT2D eigenvalue weighted by Gasteiger charge is -2.29. The molecule has 3 aromatic heterocycles. The van der Waals surface area contributed by atoms with E-state index in [1.807, 2.05) is 10.6 Å². The predicted molar refractivity (Wildman–Crippen MR) is 109 cm³/mol. The second-order valence-corrected chi connectivity index (χ2v) is 6.73. The minimum Gasteiger partial charge on any atom is -0.369 e. The summed E-state index contributed by atoms with van der Waals surface area (Å²) in [5.74, 6) is 6.37. The Balaban J connectivity index is 1.41. The maximum Gasteiger partial charge on any atom is 0.180 e. The molecule has 9 heteroatoms. The van der Waals surface area contributed by atoms with Gasteiger partial charge in [-0.05, 0) is 24.3 Å². The first-order valence-corrected chi connectivity index (χ1v) is 9.23. The fourth-order valence-corrected chi connectivity index (χ4v) is 3.51. The lowest BCUT2D eigenvalue weighted by molar-refractivity contribution is 0.589. The second-order valence-electron chi connectivity index (χ2n) is 6.73. The molecule has 0 saturated carbocycles. The van der Waals surface area contributed by atoms with Crippen LogP contribution in [0.2, 0.25) is 0 Å². The van der Waals surface area contributed by atoms with Crippen LogP contribution in [0.4, 0.5) is 17.2 Å². The van der Waals surface area contributed by atoms with Gasteiger partial charge in [0.15, 0.2) is 11.5 Å². The summed E-state index contributed by atoms with van der Waals surface area (Å²) in [4.78, 5) is 12.7. The van der Waals surface area contributed by atoms with E-state index >= 15 is 0 Å². The Hall–Kier alpha value is -3.59. The van der Waals surface area contributed by atoms with Gasteiger partial charge in [0.1, 0.15) is 0 Å². The van der Waals surface area contributed by atoms with Gasteiger partial charge < -0.3 is 21.4 Å². The molecule has 4 N–H and O–H groups in total. The van der Waals surface area contributed by atoms with Crippen molar-refractivity contribution in [3.63, 3.8) is 0 Å². The molecular formula is C19H21N9. The molecule has 0 spiro atoms. The lowest BCUT2D eigenvalue weighted by Crippen LogP contribution is -2.43. The number of nitrogens with two attached hydrogens (primary N) is 1. The van der Waals surface area contributed by atoms with Crippen LogP contribution in [0, 0.1) is 0 Å². The molecule has 4 aromatic rings. The number of nitrogen functional groups attached to an aromatic ring is 1. The number of hydrogen-bond acceptors (Lipinski definition) is 7. The van der Waals surface area contributed by atoms with Crippen molar-refractivity contribution < 1.29 is 0 Å². The number of piperazine rings is 1. The van der Waals surface area contributed by atoms with E-state index in [4.69, 9.17) is 5.84 Å². The van der Waals surface area contributed by atoms with E-state index in [0.717, 1.165) is 48.8 Å². The van der Waals surface area contributed by atoms with Crippen molar-refractivity contribution >= 4 is 22.8 Å². The summed E-state index contributed by atoms with van der Waals surface area (Å²) in [5.41, 5.74) is 4.76. The predicted octanol–water partition coefficient (Wildman–Crippen LogP) is 1.46. The highest BCUT2D eigenvalue weighted by atomic mass is 15.5. The molecule has 1 saturated heterocycles. The van der Waals surface area contributed by atoms with Gasteiger partial charge in [0.25, 0.3) is 0 Å². The Morgan fingerprint density at radius 2 is 1.86 bits per heavy atom. The van der Waals surface area contributed by atoms with Gasteiger partial charge in [0, 0.05) is 55.5 Å². The van der Waals surface area contributed by atoms with E-state index in [2.05, 4.69) is 54.9 Å². The molecule has 0 bridgehead atoms. The van der Waals surface area contributed by atoms with Crippen LogP contribution in [-0.2, 0) is 0 Å². The zero-order chi connectivity index (χ0) is 18.9. The molecule has 1 aliphatic heterocycles. The third kappa shape index (κ3) is 3.01. The van der Waals surface area contributed by atoms with E-state index in [9.17, 15) is 0 Å². The van der Waals surface area contributed by atoms with Crippen LogP contribution in [0.3, 0.4) is 0 Å². The minimum atomic E-state index is 0.698. The number of imidazole rings is 1. The number of rotatable bonds is 4. The Bertz CT molecular complexity index is 1090. The molecule has 9 nitrogen and oxygen atoms in total. The van der Waals surface area contributed by atoms with Gasteiger partial charge in [-0.2, -0.15) is 9.89 Å². The van der Waals surface area contributed by atoms with Crippen LogP contribution in [0.15, 0.2) is 55.2 Å². The molecule has 0 amide bonds. The molecule has 28 heavy (non-hydrogen) atoms. The summed E-state index contributed by atoms with van der Waals surface area (Å²) in [6, 6.07) is 8.43. The zero-order valence-electron chi connectivity index (χ0n) is 15.3. The van der Waals surface area contributed by atoms with E-state index in [1.165, 1.54) is 10.5 Å². The van der Waals surface area contributed by atoms with Gasteiger partial charge in [0.05, 0.1) is 24.3 Å². The molecule has 0 aliphatic carbocycles. The number of benzene rings is 1. The monoisotopic (exact) mass is 375 g/mol. The van der Waals surface area contributed by atoms with Gasteiger partial charge in [0.2, 0.25) is 0 Å². The molecular weight excluding hydrogens is 354 g/mol. The van der Waals surface area contributed by atoms with Crippen molar-refractivity contribution in [1.29, 1.82) is 0 Å². The summed E-state index contributed by atoms with van der Waals surface area (Å²) in [5, 5.41) is 10.8. The highest BCUT2D eigenvalue weighted by Gasteiger charge is 2.13. The first-order valence-electron chi connectivity index (χ1n) is 9.23. The molecule has 0 atom stereocenters. The maximum absolute atomic E-state index is 5.67. The zero-order valence-corrected chi connectivity index (χ0v) is 15.3. The molecule has 5 rings (SSSR count). The SMILES string of the molecule is Nn1cc(-c2cnc3c(Nc4ccc(N5CCNCC5)cc4)nccn23)cn1. The van der Waals surface area contributed by atoms with Gasteiger partial charge in [-0.15, -0.1) is 0 Å². The van der Waals surface area contributed by atoms with Crippen LogP contribution < -0.4 is 21.4 Å². The van der Waals surface area contributed by atoms with E-state index < -0.39 is 0 Å². The highest BCUT2D eigenvalue weighted by Crippen LogP contribution is 2.26. The Morgan fingerprint density at radius 1 is 1.04 bits per heavy atom. The Labute approximate surface area is 161 Å². The van der Waals surface area contributed by atoms with Crippen molar-refractivity contribution in [3.8, 4) is 11.3 Å². The van der Waals surface area contributed by atoms with Crippen molar-refractivity contribution in [1.82, 2.24) is 29.6 Å². The van der Waals surface area contributed by atoms with Gasteiger partial charge in [-0.25, -0.2) is 9.97 Å². The number of nitrogens with zero attached hydrogens (tertiary/aromatic N) is 6. The van der Waals surface area contributed by atoms with Gasteiger partial charge >= 0.3 is 0 Å². The number of anilines is 3. The fourth-order valence-electron chi connectivity index (χ4n) is 3.51. The number of hydrogen-bond donors (Lipinski definition) is 3. The molecule has 142 valence electrons. The Morgan fingerprint density at radius 3 is 2.61 bits per heavy atom. The third-order valence-corrected chi connectivity index (χ3v) is 4.94. The van der Waals surface area contributed by atoms with Crippen LogP contribution in [0.25, 0.3) is 16.9 Å². The van der Waals surface area contributed by atoms with Gasteiger partial charge in [-0.1, -0.05) is 0 Å². The lowest BCUT2D eigenvalue weighted by atomic mass is 10.2. The number of nitrogens with one attached hydrogen (secondary N) is 2. The van der Waals surface area contributed by atoms with Crippen molar-refractivity contribution in [3.05, 3.63) is 55.2 Å². The van der Waals surface area contributed by atoms with E-state index in [1.54, 1.807) is 24.8 Å². The smallest absolute Gasteiger partial charge is 0.180 e. The standard InChI is InChI=1S/C19H21N9/c20-28-13-14(11-24-28)17-12-23-19-18(22-7-10-27(17)19)25-15-1-3-16(4-2-15)26-8-5-21-6-9-26/h1-4,7,10-13,21H,5-6,8-9,20H2,(H,22,25). The molecule has 4 heterocycles.